The van der Waals surface area contributed by atoms with Crippen molar-refractivity contribution in [1.29, 1.82) is 0 Å². The molecule has 0 unspecified atom stereocenters. The van der Waals surface area contributed by atoms with Crippen LogP contribution in [0.1, 0.15) is 20.8 Å². The predicted molar refractivity (Wildman–Crippen MR) is 97.3 cm³/mol. The van der Waals surface area contributed by atoms with Crippen LogP contribution in [0.4, 0.5) is 8.78 Å². The van der Waals surface area contributed by atoms with Crippen LogP contribution in [0.15, 0.2) is 65.6 Å². The predicted octanol–water partition coefficient (Wildman–Crippen LogP) is 3.47. The third kappa shape index (κ3) is 4.70. The number of carbonyl (C=O) groups excluding carboxylic acids is 2. The summed E-state index contributed by atoms with van der Waals surface area (Å²) in [5.74, 6) is -3.97. The van der Waals surface area contributed by atoms with Gasteiger partial charge in [-0.2, -0.15) is 13.9 Å². The number of H-pyrrole nitrogens is 1. The minimum atomic E-state index is -2.66. The second kappa shape index (κ2) is 8.45. The smallest absolute Gasteiger partial charge is 0.272 e. The van der Waals surface area contributed by atoms with Crippen LogP contribution < -0.4 is 10.9 Å². The molecule has 2 amide bonds. The molecule has 3 aromatic rings. The molecule has 3 rings (SSSR count). The van der Waals surface area contributed by atoms with Gasteiger partial charge in [0.2, 0.25) is 0 Å². The first-order valence-corrected chi connectivity index (χ1v) is 8.68. The highest BCUT2D eigenvalue weighted by atomic mass is 32.2. The van der Waals surface area contributed by atoms with E-state index in [-0.39, 0.29) is 27.9 Å². The molecule has 1 heterocycles. The Labute approximate surface area is 157 Å². The van der Waals surface area contributed by atoms with Crippen molar-refractivity contribution in [3.63, 3.8) is 0 Å². The molecule has 0 saturated carbocycles. The average Bonchev–Trinajstić information content (AvgIpc) is 3.17. The summed E-state index contributed by atoms with van der Waals surface area (Å²) in [6.45, 7) is 0. The van der Waals surface area contributed by atoms with E-state index >= 15 is 0 Å². The van der Waals surface area contributed by atoms with Crippen molar-refractivity contribution in [1.82, 2.24) is 21.0 Å². The summed E-state index contributed by atoms with van der Waals surface area (Å²) in [6, 6.07) is 16.7. The minimum absolute atomic E-state index is 0.0395. The maximum atomic E-state index is 12.6. The molecule has 138 valence electrons. The van der Waals surface area contributed by atoms with Gasteiger partial charge in [0.25, 0.3) is 17.6 Å². The first-order chi connectivity index (χ1) is 13.0. The second-order valence-electron chi connectivity index (χ2n) is 5.32. The molecule has 2 aromatic carbocycles. The zero-order valence-electron chi connectivity index (χ0n) is 13.8. The van der Waals surface area contributed by atoms with E-state index in [2.05, 4.69) is 21.0 Å². The quantitative estimate of drug-likeness (QED) is 0.461. The van der Waals surface area contributed by atoms with Crippen molar-refractivity contribution >= 4 is 23.6 Å². The lowest BCUT2D eigenvalue weighted by Crippen LogP contribution is -2.42. The van der Waals surface area contributed by atoms with Gasteiger partial charge in [0.1, 0.15) is 5.69 Å². The van der Waals surface area contributed by atoms with Gasteiger partial charge in [0.15, 0.2) is 0 Å². The number of halogens is 2. The van der Waals surface area contributed by atoms with Crippen LogP contribution >= 0.6 is 11.8 Å². The zero-order chi connectivity index (χ0) is 19.2. The number of rotatable bonds is 5. The van der Waals surface area contributed by atoms with Crippen molar-refractivity contribution in [2.75, 3.05) is 0 Å². The van der Waals surface area contributed by atoms with Crippen LogP contribution in [0.2, 0.25) is 0 Å². The van der Waals surface area contributed by atoms with Crippen molar-refractivity contribution in [3.05, 3.63) is 71.9 Å². The molecule has 0 bridgehead atoms. The van der Waals surface area contributed by atoms with E-state index in [4.69, 9.17) is 0 Å². The Morgan fingerprint density at radius 1 is 0.963 bits per heavy atom. The number of hydrogen-bond donors (Lipinski definition) is 3. The number of nitrogens with zero attached hydrogens (tertiary/aromatic N) is 1. The SMILES string of the molecule is O=C(NNC(=O)c1ccccc1SC(F)F)c1cc(-c2ccccc2)n[nH]1. The Morgan fingerprint density at radius 3 is 2.37 bits per heavy atom. The molecule has 0 atom stereocenters. The lowest BCUT2D eigenvalue weighted by molar-refractivity contribution is 0.0842. The Bertz CT molecular complexity index is 947. The summed E-state index contributed by atoms with van der Waals surface area (Å²) in [5, 5.41) is 6.64. The topological polar surface area (TPSA) is 86.9 Å². The molecule has 0 fully saturated rings. The highest BCUT2D eigenvalue weighted by Gasteiger charge is 2.17. The third-order valence-corrected chi connectivity index (χ3v) is 4.32. The number of hydrogen-bond acceptors (Lipinski definition) is 4. The normalized spacial score (nSPS) is 10.6. The number of benzene rings is 2. The van der Waals surface area contributed by atoms with Gasteiger partial charge in [-0.25, -0.2) is 0 Å². The standard InChI is InChI=1S/C18H14F2N4O2S/c19-18(20)27-15-9-5-4-8-12(15)16(25)23-24-17(26)14-10-13(21-22-14)11-6-2-1-3-7-11/h1-10,18H,(H,21,22)(H,23,25)(H,24,26). The Hall–Kier alpha value is -3.20. The van der Waals surface area contributed by atoms with Crippen molar-refractivity contribution in [2.24, 2.45) is 0 Å². The summed E-state index contributed by atoms with van der Waals surface area (Å²) in [4.78, 5) is 24.5. The molecule has 0 radical (unpaired) electrons. The fourth-order valence-electron chi connectivity index (χ4n) is 2.30. The number of aromatic amines is 1. The maximum absolute atomic E-state index is 12.6. The Balaban J connectivity index is 1.65. The number of carbonyl (C=O) groups is 2. The van der Waals surface area contributed by atoms with E-state index in [0.29, 0.717) is 5.69 Å². The summed E-state index contributed by atoms with van der Waals surface area (Å²) in [6.07, 6.45) is 0. The van der Waals surface area contributed by atoms with Gasteiger partial charge < -0.3 is 0 Å². The highest BCUT2D eigenvalue weighted by Crippen LogP contribution is 2.28. The summed E-state index contributed by atoms with van der Waals surface area (Å²) in [5.41, 5.74) is 6.04. The molecular formula is C18H14F2N4O2S. The van der Waals surface area contributed by atoms with Crippen LogP contribution in [0.25, 0.3) is 11.3 Å². The van der Waals surface area contributed by atoms with E-state index in [0.717, 1.165) is 5.56 Å². The van der Waals surface area contributed by atoms with Gasteiger partial charge in [0.05, 0.1) is 11.3 Å². The van der Waals surface area contributed by atoms with Gasteiger partial charge in [-0.15, -0.1) is 0 Å². The van der Waals surface area contributed by atoms with Gasteiger partial charge in [0, 0.05) is 10.5 Å². The average molecular weight is 388 g/mol. The fourth-order valence-corrected chi connectivity index (χ4v) is 2.93. The third-order valence-electron chi connectivity index (χ3n) is 3.53. The molecule has 27 heavy (non-hydrogen) atoms. The van der Waals surface area contributed by atoms with Crippen LogP contribution in [0, 0.1) is 0 Å². The molecule has 0 spiro atoms. The molecule has 0 aliphatic rings. The fraction of sp³-hybridized carbons (Fsp3) is 0.0556. The minimum Gasteiger partial charge on any atom is -0.272 e. The number of thioether (sulfide) groups is 1. The van der Waals surface area contributed by atoms with Crippen LogP contribution in [-0.2, 0) is 0 Å². The first-order valence-electron chi connectivity index (χ1n) is 7.80. The monoisotopic (exact) mass is 388 g/mol. The molecule has 6 nitrogen and oxygen atoms in total. The van der Waals surface area contributed by atoms with E-state index in [9.17, 15) is 18.4 Å². The molecule has 1 aromatic heterocycles. The lowest BCUT2D eigenvalue weighted by Gasteiger charge is -2.09. The number of hydrazine groups is 1. The molecule has 0 aliphatic carbocycles. The van der Waals surface area contributed by atoms with E-state index in [1.54, 1.807) is 12.1 Å². The van der Waals surface area contributed by atoms with Gasteiger partial charge in [-0.1, -0.05) is 54.2 Å². The molecule has 0 aliphatic heterocycles. The molecule has 3 N–H and O–H groups in total. The van der Waals surface area contributed by atoms with E-state index in [1.165, 1.54) is 18.2 Å². The second-order valence-corrected chi connectivity index (χ2v) is 6.35. The highest BCUT2D eigenvalue weighted by molar-refractivity contribution is 7.99. The molecule has 9 heteroatoms. The van der Waals surface area contributed by atoms with E-state index in [1.807, 2.05) is 30.3 Å². The summed E-state index contributed by atoms with van der Waals surface area (Å²) in [7, 11) is 0. The molecular weight excluding hydrogens is 374 g/mol. The number of aromatic nitrogens is 2. The lowest BCUT2D eigenvalue weighted by atomic mass is 10.1. The van der Waals surface area contributed by atoms with Crippen molar-refractivity contribution in [3.8, 4) is 11.3 Å². The number of amides is 2. The van der Waals surface area contributed by atoms with Crippen LogP contribution in [0.3, 0.4) is 0 Å². The largest absolute Gasteiger partial charge is 0.288 e. The first kappa shape index (κ1) is 18.6. The van der Waals surface area contributed by atoms with Gasteiger partial charge in [-0.3, -0.25) is 25.5 Å². The Kier molecular flexibility index (Phi) is 5.82. The zero-order valence-corrected chi connectivity index (χ0v) is 14.6. The van der Waals surface area contributed by atoms with Crippen molar-refractivity contribution < 1.29 is 18.4 Å². The van der Waals surface area contributed by atoms with Crippen molar-refractivity contribution in [2.45, 2.75) is 10.7 Å². The van der Waals surface area contributed by atoms with Gasteiger partial charge >= 0.3 is 0 Å². The number of nitrogens with one attached hydrogen (secondary N) is 3. The Morgan fingerprint density at radius 2 is 1.63 bits per heavy atom. The maximum Gasteiger partial charge on any atom is 0.288 e. The summed E-state index contributed by atoms with van der Waals surface area (Å²) < 4.78 is 25.2. The summed E-state index contributed by atoms with van der Waals surface area (Å²) >= 11 is 0.262. The van der Waals surface area contributed by atoms with E-state index < -0.39 is 17.6 Å². The molecule has 0 saturated heterocycles. The number of alkyl halides is 2. The van der Waals surface area contributed by atoms with Crippen LogP contribution in [-0.4, -0.2) is 27.8 Å². The van der Waals surface area contributed by atoms with Crippen LogP contribution in [0.5, 0.6) is 0 Å². The van der Waals surface area contributed by atoms with Gasteiger partial charge in [-0.05, 0) is 18.2 Å².